The number of aryl methyl sites for hydroxylation is 2. The predicted molar refractivity (Wildman–Crippen MR) is 106 cm³/mol. The molecule has 0 aliphatic rings. The monoisotopic (exact) mass is 340 g/mol. The number of unbranched alkanes of at least 4 members (excludes halogenated alkanes) is 2. The maximum absolute atomic E-state index is 11.7. The Bertz CT molecular complexity index is 662. The number of carbonyl (C=O) groups is 1. The van der Waals surface area contributed by atoms with Gasteiger partial charge in [-0.25, -0.2) is 0 Å². The molecule has 2 aromatic carbocycles. The van der Waals surface area contributed by atoms with Crippen molar-refractivity contribution < 1.29 is 4.79 Å². The SMILES string of the molecule is CCCCc1ccc(Cc2cc(CCCC)ccc2C(N)=O)cc1.N. The van der Waals surface area contributed by atoms with Crippen LogP contribution in [0.25, 0.3) is 0 Å². The molecule has 2 rings (SSSR count). The lowest BCUT2D eigenvalue weighted by molar-refractivity contribution is 0.0999. The molecule has 3 nitrogen and oxygen atoms in total. The first-order valence-corrected chi connectivity index (χ1v) is 9.13. The Morgan fingerprint density at radius 2 is 1.36 bits per heavy atom. The van der Waals surface area contributed by atoms with Gasteiger partial charge in [0.2, 0.25) is 5.91 Å². The molecule has 0 atom stereocenters. The normalized spacial score (nSPS) is 10.3. The molecule has 0 heterocycles. The molecule has 136 valence electrons. The van der Waals surface area contributed by atoms with E-state index in [1.54, 1.807) is 0 Å². The fraction of sp³-hybridized carbons (Fsp3) is 0.409. The van der Waals surface area contributed by atoms with Crippen molar-refractivity contribution >= 4 is 5.91 Å². The summed E-state index contributed by atoms with van der Waals surface area (Å²) in [6.45, 7) is 4.41. The van der Waals surface area contributed by atoms with Gasteiger partial charge in [-0.15, -0.1) is 0 Å². The van der Waals surface area contributed by atoms with Crippen molar-refractivity contribution in [1.29, 1.82) is 0 Å². The minimum atomic E-state index is -0.341. The van der Waals surface area contributed by atoms with Gasteiger partial charge < -0.3 is 11.9 Å². The molecule has 25 heavy (non-hydrogen) atoms. The minimum Gasteiger partial charge on any atom is -0.366 e. The number of carbonyl (C=O) groups excluding carboxylic acids is 1. The van der Waals surface area contributed by atoms with E-state index < -0.39 is 0 Å². The average Bonchev–Trinajstić information content (AvgIpc) is 2.59. The smallest absolute Gasteiger partial charge is 0.248 e. The topological polar surface area (TPSA) is 78.1 Å². The number of amides is 1. The van der Waals surface area contributed by atoms with Crippen molar-refractivity contribution in [3.05, 3.63) is 70.3 Å². The summed E-state index contributed by atoms with van der Waals surface area (Å²) < 4.78 is 0. The highest BCUT2D eigenvalue weighted by Gasteiger charge is 2.10. The molecule has 0 aliphatic carbocycles. The number of benzene rings is 2. The highest BCUT2D eigenvalue weighted by atomic mass is 16.1. The van der Waals surface area contributed by atoms with Gasteiger partial charge in [0, 0.05) is 5.56 Å². The van der Waals surface area contributed by atoms with Crippen molar-refractivity contribution in [2.75, 3.05) is 0 Å². The van der Waals surface area contributed by atoms with Crippen LogP contribution >= 0.6 is 0 Å². The van der Waals surface area contributed by atoms with Gasteiger partial charge in [-0.05, 0) is 60.4 Å². The Morgan fingerprint density at radius 1 is 0.840 bits per heavy atom. The van der Waals surface area contributed by atoms with Crippen LogP contribution < -0.4 is 11.9 Å². The molecule has 2 aromatic rings. The molecule has 0 aromatic heterocycles. The van der Waals surface area contributed by atoms with Crippen LogP contribution in [-0.2, 0) is 19.3 Å². The maximum Gasteiger partial charge on any atom is 0.248 e. The van der Waals surface area contributed by atoms with Crippen molar-refractivity contribution in [2.24, 2.45) is 5.73 Å². The molecular formula is C22H32N2O. The number of hydrogen-bond acceptors (Lipinski definition) is 2. The summed E-state index contributed by atoms with van der Waals surface area (Å²) in [7, 11) is 0. The summed E-state index contributed by atoms with van der Waals surface area (Å²) in [5.41, 5.74) is 11.1. The van der Waals surface area contributed by atoms with Crippen LogP contribution in [0.3, 0.4) is 0 Å². The lowest BCUT2D eigenvalue weighted by Gasteiger charge is -2.11. The lowest BCUT2D eigenvalue weighted by atomic mass is 9.94. The molecule has 0 saturated carbocycles. The third kappa shape index (κ3) is 6.35. The van der Waals surface area contributed by atoms with Gasteiger partial charge in [0.25, 0.3) is 0 Å². The predicted octanol–water partition coefficient (Wildman–Crippen LogP) is 5.22. The molecule has 5 N–H and O–H groups in total. The largest absolute Gasteiger partial charge is 0.366 e. The summed E-state index contributed by atoms with van der Waals surface area (Å²) >= 11 is 0. The van der Waals surface area contributed by atoms with Crippen LogP contribution in [0.4, 0.5) is 0 Å². The number of hydrogen-bond donors (Lipinski definition) is 2. The third-order valence-corrected chi connectivity index (χ3v) is 4.49. The number of rotatable bonds is 9. The number of nitrogens with two attached hydrogens (primary N) is 1. The van der Waals surface area contributed by atoms with Gasteiger partial charge in [0.05, 0.1) is 0 Å². The average molecular weight is 341 g/mol. The third-order valence-electron chi connectivity index (χ3n) is 4.49. The zero-order chi connectivity index (χ0) is 17.4. The first-order chi connectivity index (χ1) is 11.6. The van der Waals surface area contributed by atoms with Crippen LogP contribution in [0.15, 0.2) is 42.5 Å². The molecule has 0 aliphatic heterocycles. The van der Waals surface area contributed by atoms with Crippen LogP contribution in [0.1, 0.15) is 72.1 Å². The molecule has 0 radical (unpaired) electrons. The molecule has 3 heteroatoms. The van der Waals surface area contributed by atoms with E-state index in [1.165, 1.54) is 42.4 Å². The van der Waals surface area contributed by atoms with E-state index in [2.05, 4.69) is 44.2 Å². The van der Waals surface area contributed by atoms with E-state index in [0.29, 0.717) is 5.56 Å². The lowest BCUT2D eigenvalue weighted by Crippen LogP contribution is -2.14. The highest BCUT2D eigenvalue weighted by molar-refractivity contribution is 5.94. The fourth-order valence-corrected chi connectivity index (χ4v) is 2.99. The van der Waals surface area contributed by atoms with E-state index in [0.717, 1.165) is 24.8 Å². The van der Waals surface area contributed by atoms with Gasteiger partial charge in [-0.3, -0.25) is 4.79 Å². The van der Waals surface area contributed by atoms with E-state index >= 15 is 0 Å². The second kappa shape index (κ2) is 10.7. The highest BCUT2D eigenvalue weighted by Crippen LogP contribution is 2.19. The van der Waals surface area contributed by atoms with Crippen LogP contribution in [0.2, 0.25) is 0 Å². The van der Waals surface area contributed by atoms with E-state index in [9.17, 15) is 4.79 Å². The summed E-state index contributed by atoms with van der Waals surface area (Å²) in [6, 6.07) is 14.8. The summed E-state index contributed by atoms with van der Waals surface area (Å²) in [4.78, 5) is 11.7. The zero-order valence-corrected chi connectivity index (χ0v) is 15.7. The van der Waals surface area contributed by atoms with Gasteiger partial charge in [0.1, 0.15) is 0 Å². The van der Waals surface area contributed by atoms with Gasteiger partial charge >= 0.3 is 0 Å². The van der Waals surface area contributed by atoms with Crippen LogP contribution in [-0.4, -0.2) is 5.91 Å². The summed E-state index contributed by atoms with van der Waals surface area (Å²) in [6.07, 6.45) is 7.73. The Balaban J connectivity index is 0.00000312. The quantitative estimate of drug-likeness (QED) is 0.656. The Morgan fingerprint density at radius 3 is 1.92 bits per heavy atom. The zero-order valence-electron chi connectivity index (χ0n) is 15.7. The molecule has 0 fully saturated rings. The van der Waals surface area contributed by atoms with Crippen molar-refractivity contribution in [1.82, 2.24) is 6.15 Å². The van der Waals surface area contributed by atoms with Gasteiger partial charge in [-0.1, -0.05) is 63.1 Å². The summed E-state index contributed by atoms with van der Waals surface area (Å²) in [5.74, 6) is -0.341. The van der Waals surface area contributed by atoms with E-state index in [1.807, 2.05) is 12.1 Å². The molecule has 0 spiro atoms. The van der Waals surface area contributed by atoms with E-state index in [4.69, 9.17) is 5.73 Å². The molecule has 1 amide bonds. The van der Waals surface area contributed by atoms with E-state index in [-0.39, 0.29) is 12.1 Å². The first kappa shape index (κ1) is 20.9. The molecular weight excluding hydrogens is 308 g/mol. The Hall–Kier alpha value is -2.13. The molecule has 0 unspecified atom stereocenters. The van der Waals surface area contributed by atoms with Crippen molar-refractivity contribution in [2.45, 2.75) is 58.8 Å². The Kier molecular flexibility index (Phi) is 8.93. The maximum atomic E-state index is 11.7. The summed E-state index contributed by atoms with van der Waals surface area (Å²) in [5, 5.41) is 0. The van der Waals surface area contributed by atoms with Gasteiger partial charge in [-0.2, -0.15) is 0 Å². The first-order valence-electron chi connectivity index (χ1n) is 9.13. The van der Waals surface area contributed by atoms with Gasteiger partial charge in [0.15, 0.2) is 0 Å². The number of primary amides is 1. The van der Waals surface area contributed by atoms with Crippen molar-refractivity contribution in [3.63, 3.8) is 0 Å². The minimum absolute atomic E-state index is 0. The van der Waals surface area contributed by atoms with Crippen LogP contribution in [0.5, 0.6) is 0 Å². The second-order valence-electron chi connectivity index (χ2n) is 6.56. The fourth-order valence-electron chi connectivity index (χ4n) is 2.99. The second-order valence-corrected chi connectivity index (χ2v) is 6.56. The standard InChI is InChI=1S/C22H29NO.H3N/c1-3-5-7-17-9-11-19(12-10-17)16-20-15-18(8-6-4-2)13-14-21(20)22(23)24;/h9-15H,3-8,16H2,1-2H3,(H2,23,24);1H3. The molecule has 0 bridgehead atoms. The van der Waals surface area contributed by atoms with Crippen molar-refractivity contribution in [3.8, 4) is 0 Å². The molecule has 0 saturated heterocycles. The Labute approximate surface area is 152 Å². The van der Waals surface area contributed by atoms with Crippen LogP contribution in [0, 0.1) is 0 Å².